The first-order chi connectivity index (χ1) is 8.08. The average Bonchev–Trinajstić information content (AvgIpc) is 2.28. The number of fused-ring (bicyclic) bond motifs is 1. The van der Waals surface area contributed by atoms with E-state index in [-0.39, 0.29) is 0 Å². The molecule has 2 rings (SSSR count). The number of pyridine rings is 1. The van der Waals surface area contributed by atoms with E-state index in [1.807, 2.05) is 10.6 Å². The van der Waals surface area contributed by atoms with Crippen molar-refractivity contribution in [3.63, 3.8) is 0 Å². The minimum atomic E-state index is 0.334. The summed E-state index contributed by atoms with van der Waals surface area (Å²) in [6, 6.07) is 2.46. The predicted octanol–water partition coefficient (Wildman–Crippen LogP) is 2.43. The van der Waals surface area contributed by atoms with Gasteiger partial charge >= 0.3 is 0 Å². The van der Waals surface area contributed by atoms with E-state index in [2.05, 4.69) is 36.8 Å². The van der Waals surface area contributed by atoms with E-state index in [9.17, 15) is 0 Å². The maximum atomic E-state index is 6.20. The number of hydrogen-bond donors (Lipinski definition) is 0. The summed E-state index contributed by atoms with van der Waals surface area (Å²) in [6.45, 7) is 7.04. The summed E-state index contributed by atoms with van der Waals surface area (Å²) < 4.78 is 1.82. The topological polar surface area (TPSA) is 19.4 Å². The van der Waals surface area contributed by atoms with E-state index < -0.39 is 0 Å². The first kappa shape index (κ1) is 12.8. The molecule has 1 aromatic heterocycles. The summed E-state index contributed by atoms with van der Waals surface area (Å²) in [5.41, 5.74) is 3.94. The highest BCUT2D eigenvalue weighted by atomic mass is 35.5. The highest BCUT2D eigenvalue weighted by Crippen LogP contribution is 2.22. The van der Waals surface area contributed by atoms with Gasteiger partial charge in [-0.3, -0.25) is 4.98 Å². The maximum Gasteiger partial charge on any atom is 0.0593 e. The first-order valence-electron chi connectivity index (χ1n) is 6.14. The Hall–Kier alpha value is -0.640. The first-order valence-corrected chi connectivity index (χ1v) is 6.48. The summed E-state index contributed by atoms with van der Waals surface area (Å²) in [4.78, 5) is 6.84. The van der Waals surface area contributed by atoms with Crippen molar-refractivity contribution in [2.75, 3.05) is 13.6 Å². The van der Waals surface area contributed by atoms with Gasteiger partial charge in [0.15, 0.2) is 0 Å². The minimum absolute atomic E-state index is 0.334. The summed E-state index contributed by atoms with van der Waals surface area (Å²) in [5.74, 6) is 0. The second kappa shape index (κ2) is 5.34. The fourth-order valence-electron chi connectivity index (χ4n) is 2.17. The lowest BCUT2D eigenvalue weighted by Gasteiger charge is -2.27. The molecule has 0 aromatic carbocycles. The van der Waals surface area contributed by atoms with E-state index in [4.69, 9.17) is 11.8 Å². The van der Waals surface area contributed by atoms with Gasteiger partial charge in [-0.25, -0.2) is 4.42 Å². The quantitative estimate of drug-likeness (QED) is 0.772. The number of halogens is 1. The Morgan fingerprint density at radius 3 is 3.00 bits per heavy atom. The molecule has 0 unspecified atom stereocenters. The third-order valence-electron chi connectivity index (χ3n) is 3.29. The van der Waals surface area contributed by atoms with Crippen LogP contribution in [0.4, 0.5) is 0 Å². The molecule has 2 heterocycles. The van der Waals surface area contributed by atoms with E-state index in [0.717, 1.165) is 31.7 Å². The lowest BCUT2D eigenvalue weighted by Crippen LogP contribution is -2.29. The molecule has 1 aromatic rings. The van der Waals surface area contributed by atoms with Gasteiger partial charge in [0.05, 0.1) is 12.2 Å². The van der Waals surface area contributed by atoms with E-state index in [0.29, 0.717) is 6.04 Å². The zero-order valence-corrected chi connectivity index (χ0v) is 11.5. The molecule has 4 heteroatoms. The van der Waals surface area contributed by atoms with Crippen LogP contribution in [0.3, 0.4) is 0 Å². The molecule has 0 spiro atoms. The van der Waals surface area contributed by atoms with E-state index in [1.165, 1.54) is 11.1 Å². The van der Waals surface area contributed by atoms with Crippen LogP contribution in [-0.2, 0) is 19.5 Å². The number of hydrogen-bond acceptors (Lipinski definition) is 3. The van der Waals surface area contributed by atoms with Crippen LogP contribution in [0.15, 0.2) is 12.3 Å². The Bertz CT molecular complexity index is 392. The maximum absolute atomic E-state index is 6.20. The molecule has 0 bridgehead atoms. The SMILES string of the molecule is CC(C)N(Cl)Cc1nccc2c1CCN(C)C2. The lowest BCUT2D eigenvalue weighted by atomic mass is 9.99. The molecule has 1 aliphatic rings. The second-order valence-corrected chi connectivity index (χ2v) is 5.47. The van der Waals surface area contributed by atoms with E-state index in [1.54, 1.807) is 0 Å². The number of aromatic nitrogens is 1. The van der Waals surface area contributed by atoms with Gasteiger partial charge in [0.25, 0.3) is 0 Å². The third-order valence-corrected chi connectivity index (χ3v) is 3.80. The van der Waals surface area contributed by atoms with Crippen LogP contribution in [-0.4, -0.2) is 33.9 Å². The predicted molar refractivity (Wildman–Crippen MR) is 70.8 cm³/mol. The largest absolute Gasteiger partial charge is 0.302 e. The lowest BCUT2D eigenvalue weighted by molar-refractivity contribution is 0.308. The highest BCUT2D eigenvalue weighted by Gasteiger charge is 2.18. The van der Waals surface area contributed by atoms with Crippen LogP contribution >= 0.6 is 11.8 Å². The van der Waals surface area contributed by atoms with Crippen molar-refractivity contribution in [1.82, 2.24) is 14.3 Å². The summed E-state index contributed by atoms with van der Waals surface area (Å²) in [5, 5.41) is 0. The van der Waals surface area contributed by atoms with Gasteiger partial charge in [-0.15, -0.1) is 0 Å². The summed E-state index contributed by atoms with van der Waals surface area (Å²) >= 11 is 6.20. The van der Waals surface area contributed by atoms with Gasteiger partial charge in [0.2, 0.25) is 0 Å². The summed E-state index contributed by atoms with van der Waals surface area (Å²) in [7, 11) is 2.16. The molecule has 17 heavy (non-hydrogen) atoms. The zero-order chi connectivity index (χ0) is 12.4. The Labute approximate surface area is 108 Å². The fraction of sp³-hybridized carbons (Fsp3) is 0.615. The van der Waals surface area contributed by atoms with Crippen molar-refractivity contribution in [2.24, 2.45) is 0 Å². The molecule has 0 saturated heterocycles. The fourth-order valence-corrected chi connectivity index (χ4v) is 2.28. The van der Waals surface area contributed by atoms with Gasteiger partial charge in [0.1, 0.15) is 0 Å². The molecule has 0 fully saturated rings. The Morgan fingerprint density at radius 1 is 1.53 bits per heavy atom. The van der Waals surface area contributed by atoms with Crippen molar-refractivity contribution in [1.29, 1.82) is 0 Å². The van der Waals surface area contributed by atoms with Crippen LogP contribution in [0, 0.1) is 0 Å². The average molecular weight is 254 g/mol. The van der Waals surface area contributed by atoms with Crippen molar-refractivity contribution in [3.05, 3.63) is 29.1 Å². The molecule has 3 nitrogen and oxygen atoms in total. The molecule has 0 N–H and O–H groups in total. The highest BCUT2D eigenvalue weighted by molar-refractivity contribution is 6.13. The van der Waals surface area contributed by atoms with Crippen molar-refractivity contribution >= 4 is 11.8 Å². The molecule has 0 aliphatic carbocycles. The summed E-state index contributed by atoms with van der Waals surface area (Å²) in [6.07, 6.45) is 2.98. The van der Waals surface area contributed by atoms with Crippen LogP contribution in [0.5, 0.6) is 0 Å². The Balaban J connectivity index is 2.21. The molecule has 0 atom stereocenters. The van der Waals surface area contributed by atoms with Crippen LogP contribution in [0.2, 0.25) is 0 Å². The zero-order valence-electron chi connectivity index (χ0n) is 10.8. The van der Waals surface area contributed by atoms with Gasteiger partial charge in [0, 0.05) is 25.3 Å². The minimum Gasteiger partial charge on any atom is -0.302 e. The van der Waals surface area contributed by atoms with Gasteiger partial charge < -0.3 is 4.90 Å². The molecule has 0 radical (unpaired) electrons. The van der Waals surface area contributed by atoms with E-state index >= 15 is 0 Å². The molecule has 1 aliphatic heterocycles. The van der Waals surface area contributed by atoms with Gasteiger partial charge in [-0.05, 0) is 56.3 Å². The molecule has 0 amide bonds. The van der Waals surface area contributed by atoms with Crippen LogP contribution in [0.1, 0.15) is 30.7 Å². The third kappa shape index (κ3) is 2.97. The second-order valence-electron chi connectivity index (χ2n) is 5.03. The van der Waals surface area contributed by atoms with Crippen LogP contribution < -0.4 is 0 Å². The normalized spacial score (nSPS) is 16.6. The standard InChI is InChI=1S/C13H20ClN3/c1-10(2)17(14)9-13-12-5-7-16(3)8-11(12)4-6-15-13/h4,6,10H,5,7-9H2,1-3H3. The Morgan fingerprint density at radius 2 is 2.29 bits per heavy atom. The molecule has 94 valence electrons. The van der Waals surface area contributed by atoms with Crippen molar-refractivity contribution < 1.29 is 0 Å². The van der Waals surface area contributed by atoms with Gasteiger partial charge in [-0.1, -0.05) is 0 Å². The van der Waals surface area contributed by atoms with Crippen LogP contribution in [0.25, 0.3) is 0 Å². The monoisotopic (exact) mass is 253 g/mol. The smallest absolute Gasteiger partial charge is 0.0593 e. The molecule has 0 saturated carbocycles. The van der Waals surface area contributed by atoms with Crippen molar-refractivity contribution in [2.45, 2.75) is 39.4 Å². The number of likely N-dealkylation sites (N-methyl/N-ethyl adjacent to an activating group) is 1. The number of nitrogens with zero attached hydrogens (tertiary/aromatic N) is 3. The molecular formula is C13H20ClN3. The Kier molecular flexibility index (Phi) is 4.02. The van der Waals surface area contributed by atoms with Crippen molar-refractivity contribution in [3.8, 4) is 0 Å². The number of rotatable bonds is 3. The molecular weight excluding hydrogens is 234 g/mol. The van der Waals surface area contributed by atoms with Gasteiger partial charge in [-0.2, -0.15) is 0 Å².